The van der Waals surface area contributed by atoms with Gasteiger partial charge in [-0.1, -0.05) is 232 Å². The van der Waals surface area contributed by atoms with Crippen molar-refractivity contribution >= 4 is 118 Å². The number of nitrogens with two attached hydrogens (primary N) is 1. The molecule has 1 aliphatic rings. The number of ketones is 1. The van der Waals surface area contributed by atoms with Crippen molar-refractivity contribution in [3.05, 3.63) is 210 Å². The summed E-state index contributed by atoms with van der Waals surface area (Å²) >= 11 is 5.95. The van der Waals surface area contributed by atoms with Crippen molar-refractivity contribution in [2.24, 2.45) is 5.73 Å². The third kappa shape index (κ3) is 33.6. The molecular formula is C102H143BClN17O11Si4. The minimum Gasteiger partial charge on any atom is -0.460 e. The lowest BCUT2D eigenvalue weighted by Crippen LogP contribution is -2.41. The SMILES string of the molecule is CC(C)(C)OC(=O)CCc1ccc(-c2ncnc3c2cnn3COCC[Si](C)(C)C)cc1.CC(C)(C)OC(=O)CCc1ccc(B2OC(C)(C)C(C)(C)O2)cc1.CC(C)(C)c1ccc(C(=O)CCc2ccc(-c3ncnc4c3cnn4COCC[Si](C)(C)C)cc2)cc1.C[Si](C)(C)CCOCn1ncc2c(-c3ccc(CN)cc3)ncnc21.C[Si](C)(C)CCOCn1ncc2c(Cl)ncnc21. The first-order valence-corrected chi connectivity index (χ1v) is 62.2. The molecule has 1 saturated heterocycles. The Bertz CT molecular complexity index is 6020. The molecule has 136 heavy (non-hydrogen) atoms. The van der Waals surface area contributed by atoms with Crippen molar-refractivity contribution in [1.29, 1.82) is 0 Å². The zero-order valence-corrected chi connectivity index (χ0v) is 89.5. The van der Waals surface area contributed by atoms with E-state index in [1.54, 1.807) is 50.1 Å². The summed E-state index contributed by atoms with van der Waals surface area (Å²) in [7, 11) is -4.73. The average molecular weight is 1940 g/mol. The minimum absolute atomic E-state index is 0.0817. The number of ether oxygens (including phenoxy) is 6. The van der Waals surface area contributed by atoms with Crippen LogP contribution in [0.3, 0.4) is 0 Å². The second kappa shape index (κ2) is 47.5. The smallest absolute Gasteiger partial charge is 0.460 e. The van der Waals surface area contributed by atoms with Gasteiger partial charge in [-0.05, 0) is 151 Å². The monoisotopic (exact) mass is 1940 g/mol. The molecule has 28 nitrogen and oxygen atoms in total. The normalized spacial score (nSPS) is 13.5. The Hall–Kier alpha value is -10.1. The van der Waals surface area contributed by atoms with E-state index in [9.17, 15) is 14.4 Å². The number of hydrogen-bond donors (Lipinski definition) is 1. The molecule has 728 valence electrons. The van der Waals surface area contributed by atoms with Gasteiger partial charge in [0, 0.05) is 107 Å². The number of aryl methyl sites for hydroxylation is 3. The van der Waals surface area contributed by atoms with Crippen molar-refractivity contribution in [3.8, 4) is 33.8 Å². The van der Waals surface area contributed by atoms with Crippen molar-refractivity contribution in [1.82, 2.24) is 79.0 Å². The van der Waals surface area contributed by atoms with Crippen LogP contribution in [0.2, 0.25) is 108 Å². The third-order valence-corrected chi connectivity index (χ3v) is 29.9. The first-order valence-electron chi connectivity index (χ1n) is 47.0. The molecule has 0 spiro atoms. The molecule has 14 rings (SSSR count). The fourth-order valence-electron chi connectivity index (χ4n) is 13.8. The van der Waals surface area contributed by atoms with Crippen molar-refractivity contribution < 1.29 is 52.1 Å². The van der Waals surface area contributed by atoms with Crippen LogP contribution < -0.4 is 11.2 Å². The summed E-state index contributed by atoms with van der Waals surface area (Å²) in [5, 5.41) is 21.5. The van der Waals surface area contributed by atoms with Crippen LogP contribution in [0.5, 0.6) is 0 Å². The quantitative estimate of drug-likeness (QED) is 0.0127. The molecular weight excluding hydrogens is 1800 g/mol. The van der Waals surface area contributed by atoms with Crippen molar-refractivity contribution in [2.45, 2.75) is 293 Å². The van der Waals surface area contributed by atoms with E-state index in [2.05, 4.69) is 196 Å². The maximum Gasteiger partial charge on any atom is 0.494 e. The highest BCUT2D eigenvalue weighted by Crippen LogP contribution is 2.37. The minimum atomic E-state index is -1.13. The van der Waals surface area contributed by atoms with Gasteiger partial charge in [0.25, 0.3) is 0 Å². The van der Waals surface area contributed by atoms with E-state index in [1.165, 1.54) is 11.9 Å². The second-order valence-corrected chi connectivity index (χ2v) is 66.1. The summed E-state index contributed by atoms with van der Waals surface area (Å²) < 4.78 is 53.0. The van der Waals surface area contributed by atoms with Crippen molar-refractivity contribution in [2.75, 3.05) is 26.4 Å². The fourth-order valence-corrected chi connectivity index (χ4v) is 17.0. The molecule has 34 heteroatoms. The topological polar surface area (TPSA) is 325 Å². The Balaban J connectivity index is 0.000000179. The summed E-state index contributed by atoms with van der Waals surface area (Å²) in [6, 6.07) is 45.0. The van der Waals surface area contributed by atoms with E-state index in [0.717, 1.165) is 156 Å². The molecule has 0 atom stereocenters. The maximum atomic E-state index is 12.7. The number of esters is 2. The molecule has 0 amide bonds. The van der Waals surface area contributed by atoms with Gasteiger partial charge < -0.3 is 43.5 Å². The molecule has 1 fully saturated rings. The number of halogens is 1. The Morgan fingerprint density at radius 1 is 0.390 bits per heavy atom. The van der Waals surface area contributed by atoms with Crippen LogP contribution in [-0.2, 0) is 105 Å². The molecule has 0 aliphatic carbocycles. The predicted molar refractivity (Wildman–Crippen MR) is 555 cm³/mol. The standard InChI is InChI=1S/C30H38N4O2Si.C24H34N4O3Si.C19H29BO4.C18H25N5OSi.C11H17ClN4OSi/c1-30(2,3)25-14-12-23(13-15-25)27(35)16-9-22-7-10-24(11-8-22)28-26-19-33-34(29(26)32-20-31-28)21-36-17-18-37(4,5)6;1-24(2,3)31-21(29)12-9-18-7-10-19(11-8-18)22-20-15-27-28(23(20)26-16-25-22)17-30-13-14-32(4,5)6;1-17(2,3)22-16(21)13-10-14-8-11-15(12-9-14)20-23-18(4,5)19(6,7)24-20;1-25(2,3)9-8-24-13-23-18-16(11-22-23)17(20-12-21-18)15-6-4-14(10-19)5-7-15;1-18(2,3)5-4-17-8-16-11-9(6-15-16)10(12)13-7-14-11/h7-8,10-15,19-20H,9,16-18,21H2,1-6H3;7-8,10-11,15-16H,9,12-14,17H2,1-6H3;8-9,11-12H,10,13H2,1-7H3;4-7,11-12H,8-10,13,19H2,1-3H3;6-7H,4-5,8H2,1-3H3. The van der Waals surface area contributed by atoms with Gasteiger partial charge in [-0.3, -0.25) is 14.4 Å². The largest absolute Gasteiger partial charge is 0.494 e. The summed E-state index contributed by atoms with van der Waals surface area (Å²) in [4.78, 5) is 71.3. The lowest BCUT2D eigenvalue weighted by atomic mass is 9.78. The number of carbonyl (C=O) groups is 3. The molecule has 8 aromatic heterocycles. The molecule has 0 unspecified atom stereocenters. The van der Waals surface area contributed by atoms with Gasteiger partial charge >= 0.3 is 19.1 Å². The Morgan fingerprint density at radius 3 is 0.993 bits per heavy atom. The lowest BCUT2D eigenvalue weighted by Gasteiger charge is -2.32. The van der Waals surface area contributed by atoms with Gasteiger partial charge in [-0.25, -0.2) is 58.6 Å². The van der Waals surface area contributed by atoms with E-state index < -0.39 is 43.5 Å². The first-order chi connectivity index (χ1) is 63.9. The number of benzene rings is 5. The first kappa shape index (κ1) is 108. The van der Waals surface area contributed by atoms with Gasteiger partial charge in [0.15, 0.2) is 28.4 Å². The number of fused-ring (bicyclic) bond motifs is 4. The summed E-state index contributed by atoms with van der Waals surface area (Å²) in [5.41, 5.74) is 20.2. The van der Waals surface area contributed by atoms with E-state index in [1.807, 2.05) is 167 Å². The second-order valence-electron chi connectivity index (χ2n) is 43.3. The predicted octanol–water partition coefficient (Wildman–Crippen LogP) is 21.3. The number of aromatic nitrogens is 16. The zero-order chi connectivity index (χ0) is 99.2. The zero-order valence-electron chi connectivity index (χ0n) is 84.8. The van der Waals surface area contributed by atoms with Gasteiger partial charge in [0.1, 0.15) is 68.6 Å². The highest BCUT2D eigenvalue weighted by molar-refractivity contribution is 6.77. The van der Waals surface area contributed by atoms with E-state index >= 15 is 0 Å². The van der Waals surface area contributed by atoms with Gasteiger partial charge in [0.05, 0.1) is 74.6 Å². The average Bonchev–Trinajstić information content (AvgIpc) is 1.63. The van der Waals surface area contributed by atoms with E-state index in [0.29, 0.717) is 82.8 Å². The molecule has 0 saturated carbocycles. The van der Waals surface area contributed by atoms with Gasteiger partial charge in [-0.2, -0.15) is 20.4 Å². The molecule has 2 N–H and O–H groups in total. The number of hydrogen-bond acceptors (Lipinski definition) is 24. The Labute approximate surface area is 812 Å². The summed E-state index contributed by atoms with van der Waals surface area (Å²) in [6.07, 6.45) is 16.5. The van der Waals surface area contributed by atoms with Gasteiger partial charge in [0.2, 0.25) is 0 Å². The number of nitrogens with zero attached hydrogens (tertiary/aromatic N) is 16. The number of carbonyl (C=O) groups excluding carboxylic acids is 3. The third-order valence-electron chi connectivity index (χ3n) is 22.7. The molecule has 9 heterocycles. The molecule has 5 aromatic carbocycles. The van der Waals surface area contributed by atoms with E-state index in [4.69, 9.17) is 55.1 Å². The van der Waals surface area contributed by atoms with E-state index in [-0.39, 0.29) is 41.5 Å². The number of Topliss-reactive ketones (excluding diaryl/α,β-unsaturated/α-hetero) is 1. The van der Waals surface area contributed by atoms with Crippen LogP contribution >= 0.6 is 11.6 Å². The van der Waals surface area contributed by atoms with Crippen LogP contribution in [0.4, 0.5) is 0 Å². The van der Waals surface area contributed by atoms with Crippen molar-refractivity contribution in [3.63, 3.8) is 0 Å². The summed E-state index contributed by atoms with van der Waals surface area (Å²) in [6.45, 7) is 59.1. The molecule has 1 aliphatic heterocycles. The maximum absolute atomic E-state index is 12.7. The Morgan fingerprint density at radius 2 is 0.684 bits per heavy atom. The van der Waals surface area contributed by atoms with Crippen LogP contribution in [-0.4, -0.2) is 185 Å². The highest BCUT2D eigenvalue weighted by Gasteiger charge is 2.51. The van der Waals surface area contributed by atoms with Gasteiger partial charge in [-0.15, -0.1) is 0 Å². The fraction of sp³-hybridized carbons (Fsp3) is 0.480. The molecule has 0 radical (unpaired) electrons. The lowest BCUT2D eigenvalue weighted by molar-refractivity contribution is -0.155. The highest BCUT2D eigenvalue weighted by atomic mass is 35.5. The molecule has 0 bridgehead atoms. The Kier molecular flexibility index (Phi) is 37.7. The van der Waals surface area contributed by atoms with Crippen LogP contribution in [0.25, 0.3) is 77.9 Å². The van der Waals surface area contributed by atoms with Crippen LogP contribution in [0, 0.1) is 0 Å². The summed E-state index contributed by atoms with van der Waals surface area (Å²) in [5.74, 6) is -0.183. The molecule has 13 aromatic rings. The van der Waals surface area contributed by atoms with Crippen LogP contribution in [0.15, 0.2) is 171 Å². The van der Waals surface area contributed by atoms with Crippen LogP contribution in [0.1, 0.15) is 147 Å². The number of rotatable bonds is 35.